The van der Waals surface area contributed by atoms with Gasteiger partial charge in [-0.2, -0.15) is 0 Å². The van der Waals surface area contributed by atoms with E-state index in [1.807, 2.05) is 78.9 Å². The third kappa shape index (κ3) is 7.74. The quantitative estimate of drug-likeness (QED) is 0.232. The van der Waals surface area contributed by atoms with Crippen LogP contribution in [0.25, 0.3) is 12.2 Å². The molecule has 1 aliphatic rings. The number of H-pyrrole nitrogens is 1. The minimum absolute atomic E-state index is 0.157. The van der Waals surface area contributed by atoms with Crippen molar-refractivity contribution in [3.8, 4) is 0 Å². The monoisotopic (exact) mass is 660 g/mol. The summed E-state index contributed by atoms with van der Waals surface area (Å²) in [6, 6.07) is 31.5. The number of aromatic nitrogens is 2. The molecule has 244 valence electrons. The molecule has 0 radical (unpaired) electrons. The summed E-state index contributed by atoms with van der Waals surface area (Å²) in [5.41, 5.74) is 3.22. The Balaban J connectivity index is 1.03. The summed E-state index contributed by atoms with van der Waals surface area (Å²) in [7, 11) is 1.57. The van der Waals surface area contributed by atoms with Gasteiger partial charge in [-0.25, -0.2) is 0 Å². The third-order valence-corrected chi connectivity index (χ3v) is 9.21. The van der Waals surface area contributed by atoms with E-state index < -0.39 is 5.60 Å². The second-order valence-electron chi connectivity index (χ2n) is 12.2. The largest absolute Gasteiger partial charge is 0.385 e. The van der Waals surface area contributed by atoms with Crippen LogP contribution in [0, 0.1) is 0 Å². The molecule has 0 atom stereocenters. The maximum Gasteiger partial charge on any atom is 0.274 e. The fourth-order valence-corrected chi connectivity index (χ4v) is 6.11. The number of rotatable bonds is 8. The van der Waals surface area contributed by atoms with Crippen molar-refractivity contribution < 1.29 is 9.90 Å². The van der Waals surface area contributed by atoms with Crippen LogP contribution in [0.15, 0.2) is 113 Å². The molecule has 0 bridgehead atoms. The number of aliphatic hydroxyl groups is 1. The van der Waals surface area contributed by atoms with Gasteiger partial charge in [0.05, 0.1) is 5.60 Å². The number of nitrogens with zero attached hydrogens (tertiary/aromatic N) is 2. The number of halogens is 1. The van der Waals surface area contributed by atoms with Crippen molar-refractivity contribution in [2.45, 2.75) is 24.9 Å². The molecule has 1 aliphatic heterocycles. The van der Waals surface area contributed by atoms with Crippen LogP contribution in [0.1, 0.15) is 45.5 Å². The van der Waals surface area contributed by atoms with Gasteiger partial charge < -0.3 is 24.9 Å². The zero-order valence-corrected chi connectivity index (χ0v) is 27.4. The Labute approximate surface area is 283 Å². The van der Waals surface area contributed by atoms with E-state index in [0.29, 0.717) is 34.7 Å². The summed E-state index contributed by atoms with van der Waals surface area (Å²) < 4.78 is 1.34. The molecule has 2 heterocycles. The Morgan fingerprint density at radius 3 is 2.19 bits per heavy atom. The summed E-state index contributed by atoms with van der Waals surface area (Å²) in [5.74, 6) is -0.249. The highest BCUT2D eigenvalue weighted by molar-refractivity contribution is 6.30. The van der Waals surface area contributed by atoms with E-state index in [1.54, 1.807) is 43.5 Å². The molecule has 1 aromatic heterocycles. The van der Waals surface area contributed by atoms with Crippen molar-refractivity contribution in [1.29, 1.82) is 0 Å². The van der Waals surface area contributed by atoms with Gasteiger partial charge in [0.2, 0.25) is 0 Å². The number of likely N-dealkylation sites (tertiary alicyclic amines) is 1. The van der Waals surface area contributed by atoms with Crippen molar-refractivity contribution in [2.24, 2.45) is 7.05 Å². The van der Waals surface area contributed by atoms with E-state index in [-0.39, 0.29) is 27.7 Å². The lowest BCUT2D eigenvalue weighted by atomic mass is 9.84. The second-order valence-corrected chi connectivity index (χ2v) is 12.7. The van der Waals surface area contributed by atoms with Gasteiger partial charge in [0.1, 0.15) is 10.7 Å². The Hall–Kier alpha value is -5.02. The van der Waals surface area contributed by atoms with E-state index in [2.05, 4.69) is 15.2 Å². The number of amides is 1. The first-order valence-corrected chi connectivity index (χ1v) is 16.3. The number of carbonyl (C=O) groups excluding carboxylic acids is 1. The zero-order chi connectivity index (χ0) is 33.7. The standard InChI is InChI=1S/C39H37ClN4O4/c1-43-35(26-28-5-3-2-4-6-28)37(46)42-34(38(43)47)25-29-7-11-30(12-8-29)36(45)41-33-17-9-27(10-18-33)19-22-44-23-20-39(48,21-24-44)31-13-15-32(40)16-14-31/h2-18,25-26,48H,19-24H2,1H3,(H,41,45)(H,42,46). The molecule has 9 heteroatoms. The van der Waals surface area contributed by atoms with Gasteiger partial charge in [-0.05, 0) is 90.1 Å². The van der Waals surface area contributed by atoms with Gasteiger partial charge in [0.15, 0.2) is 0 Å². The first-order chi connectivity index (χ1) is 23.2. The van der Waals surface area contributed by atoms with Crippen LogP contribution in [0.3, 0.4) is 0 Å². The Morgan fingerprint density at radius 2 is 1.52 bits per heavy atom. The van der Waals surface area contributed by atoms with Crippen LogP contribution < -0.4 is 27.1 Å². The highest BCUT2D eigenvalue weighted by Crippen LogP contribution is 2.33. The van der Waals surface area contributed by atoms with Crippen molar-refractivity contribution in [2.75, 3.05) is 25.0 Å². The van der Waals surface area contributed by atoms with Crippen molar-refractivity contribution in [3.05, 3.63) is 167 Å². The van der Waals surface area contributed by atoms with Crippen LogP contribution in [0.4, 0.5) is 5.69 Å². The molecule has 8 nitrogen and oxygen atoms in total. The minimum atomic E-state index is -0.813. The maximum absolute atomic E-state index is 13.0. The molecule has 0 spiro atoms. The van der Waals surface area contributed by atoms with Crippen LogP contribution >= 0.6 is 11.6 Å². The summed E-state index contributed by atoms with van der Waals surface area (Å²) in [6.07, 6.45) is 5.50. The van der Waals surface area contributed by atoms with Crippen LogP contribution in [0.5, 0.6) is 0 Å². The number of benzene rings is 4. The Morgan fingerprint density at radius 1 is 0.875 bits per heavy atom. The second kappa shape index (κ2) is 14.4. The number of hydrogen-bond acceptors (Lipinski definition) is 5. The fraction of sp³-hybridized carbons (Fsp3) is 0.205. The number of anilines is 1. The van der Waals surface area contributed by atoms with E-state index >= 15 is 0 Å². The summed E-state index contributed by atoms with van der Waals surface area (Å²) in [4.78, 5) is 43.8. The lowest BCUT2D eigenvalue weighted by Gasteiger charge is -2.38. The maximum atomic E-state index is 13.0. The van der Waals surface area contributed by atoms with Gasteiger partial charge in [-0.1, -0.05) is 78.3 Å². The van der Waals surface area contributed by atoms with E-state index in [1.165, 1.54) is 10.1 Å². The first kappa shape index (κ1) is 32.9. The molecule has 1 fully saturated rings. The van der Waals surface area contributed by atoms with Gasteiger partial charge in [-0.3, -0.25) is 14.4 Å². The zero-order valence-electron chi connectivity index (χ0n) is 26.7. The van der Waals surface area contributed by atoms with Gasteiger partial charge >= 0.3 is 0 Å². The Kier molecular flexibility index (Phi) is 9.87. The van der Waals surface area contributed by atoms with Gasteiger partial charge in [0, 0.05) is 43.0 Å². The number of hydrogen-bond donors (Lipinski definition) is 3. The van der Waals surface area contributed by atoms with E-state index in [0.717, 1.165) is 37.2 Å². The number of nitrogens with one attached hydrogen (secondary N) is 2. The predicted octanol–water partition coefficient (Wildman–Crippen LogP) is 4.16. The summed E-state index contributed by atoms with van der Waals surface area (Å²) >= 11 is 6.01. The molecule has 1 saturated heterocycles. The fourth-order valence-electron chi connectivity index (χ4n) is 5.99. The third-order valence-electron chi connectivity index (χ3n) is 8.96. The molecule has 4 aromatic carbocycles. The van der Waals surface area contributed by atoms with E-state index in [9.17, 15) is 19.5 Å². The average molecular weight is 661 g/mol. The molecule has 6 rings (SSSR count). The summed E-state index contributed by atoms with van der Waals surface area (Å²) in [6.45, 7) is 2.53. The van der Waals surface area contributed by atoms with Crippen molar-refractivity contribution in [1.82, 2.24) is 14.5 Å². The number of piperidine rings is 1. The lowest BCUT2D eigenvalue weighted by Crippen LogP contribution is -2.52. The molecule has 1 amide bonds. The van der Waals surface area contributed by atoms with Gasteiger partial charge in [-0.15, -0.1) is 0 Å². The van der Waals surface area contributed by atoms with Crippen LogP contribution in [0.2, 0.25) is 5.02 Å². The molecule has 0 saturated carbocycles. The molecular weight excluding hydrogens is 624 g/mol. The topological polar surface area (TPSA) is 107 Å². The molecule has 48 heavy (non-hydrogen) atoms. The first-order valence-electron chi connectivity index (χ1n) is 16.0. The average Bonchev–Trinajstić information content (AvgIpc) is 3.10. The van der Waals surface area contributed by atoms with Crippen molar-refractivity contribution in [3.63, 3.8) is 0 Å². The predicted molar refractivity (Wildman–Crippen MR) is 191 cm³/mol. The van der Waals surface area contributed by atoms with E-state index in [4.69, 9.17) is 11.6 Å². The van der Waals surface area contributed by atoms with Crippen LogP contribution in [-0.2, 0) is 19.1 Å². The molecular formula is C39H37ClN4O4. The highest BCUT2D eigenvalue weighted by atomic mass is 35.5. The summed E-state index contributed by atoms with van der Waals surface area (Å²) in [5, 5.41) is 15.2. The smallest absolute Gasteiger partial charge is 0.274 e. The van der Waals surface area contributed by atoms with Crippen molar-refractivity contribution >= 4 is 35.3 Å². The van der Waals surface area contributed by atoms with Crippen LogP contribution in [-0.4, -0.2) is 45.1 Å². The minimum Gasteiger partial charge on any atom is -0.385 e. The molecule has 5 aromatic rings. The molecule has 0 unspecified atom stereocenters. The van der Waals surface area contributed by atoms with Gasteiger partial charge in [0.25, 0.3) is 17.0 Å². The molecule has 0 aliphatic carbocycles. The lowest BCUT2D eigenvalue weighted by molar-refractivity contribution is -0.0255. The Bertz CT molecular complexity index is 2130. The SMILES string of the molecule is Cn1c(=O)c(=Cc2ccc(C(=O)Nc3ccc(CCN4CCC(O)(c5ccc(Cl)cc5)CC4)cc3)cc2)[nH]c(=O)c1=Cc1ccccc1. The normalized spacial score (nSPS) is 15.4. The number of carbonyl (C=O) groups is 1. The highest BCUT2D eigenvalue weighted by Gasteiger charge is 2.33. The molecule has 3 N–H and O–H groups in total. The number of aromatic amines is 1.